The number of pyridine rings is 1. The van der Waals surface area contributed by atoms with Gasteiger partial charge in [0.15, 0.2) is 0 Å². The zero-order valence-corrected chi connectivity index (χ0v) is 21.2. The minimum Gasteiger partial charge on any atom is -0.497 e. The number of thioether (sulfide) groups is 1. The summed E-state index contributed by atoms with van der Waals surface area (Å²) < 4.78 is 5.46. The van der Waals surface area contributed by atoms with Crippen LogP contribution in [0.1, 0.15) is 56.6 Å². The van der Waals surface area contributed by atoms with E-state index < -0.39 is 0 Å². The second-order valence-corrected chi connectivity index (χ2v) is 11.2. The van der Waals surface area contributed by atoms with Crippen LogP contribution in [0.5, 0.6) is 5.75 Å². The Bertz CT molecular complexity index is 874. The summed E-state index contributed by atoms with van der Waals surface area (Å²) in [5.74, 6) is 3.09. The van der Waals surface area contributed by atoms with Crippen molar-refractivity contribution >= 4 is 22.7 Å². The number of hydrogen-bond acceptors (Lipinski definition) is 6. The number of rotatable bonds is 11. The molecule has 0 radical (unpaired) electrons. The fourth-order valence-electron chi connectivity index (χ4n) is 5.76. The molecule has 2 aromatic rings. The van der Waals surface area contributed by atoms with Crippen molar-refractivity contribution in [1.82, 2.24) is 15.2 Å². The van der Waals surface area contributed by atoms with Crippen LogP contribution in [0.25, 0.3) is 10.9 Å². The van der Waals surface area contributed by atoms with Crippen molar-refractivity contribution in [2.24, 2.45) is 11.8 Å². The smallest absolute Gasteiger partial charge is 0.119 e. The fraction of sp³-hybridized carbons (Fsp3) is 0.667. The molecular weight excluding hydrogens is 430 g/mol. The van der Waals surface area contributed by atoms with E-state index in [2.05, 4.69) is 39.1 Å². The lowest BCUT2D eigenvalue weighted by molar-refractivity contribution is 0.0696. The summed E-state index contributed by atoms with van der Waals surface area (Å²) >= 11 is 2.18. The first kappa shape index (κ1) is 24.8. The van der Waals surface area contributed by atoms with Crippen LogP contribution in [0.3, 0.4) is 0 Å². The van der Waals surface area contributed by atoms with E-state index in [9.17, 15) is 5.11 Å². The molecule has 1 aliphatic carbocycles. The summed E-state index contributed by atoms with van der Waals surface area (Å²) in [6, 6.07) is 8.51. The van der Waals surface area contributed by atoms with E-state index in [0.717, 1.165) is 41.3 Å². The van der Waals surface area contributed by atoms with Crippen molar-refractivity contribution in [2.75, 3.05) is 46.2 Å². The van der Waals surface area contributed by atoms with Gasteiger partial charge in [-0.15, -0.1) is 0 Å². The van der Waals surface area contributed by atoms with Gasteiger partial charge in [0.25, 0.3) is 0 Å². The SMILES string of the molecule is CN[C@H](CC[C@@H]1CCN(CCSC2CCCC2)C[C@@H]1CO)c1ccnc2ccc(OC)cc12. The number of aliphatic hydroxyl groups is 1. The molecule has 1 saturated carbocycles. The molecule has 0 bridgehead atoms. The Balaban J connectivity index is 1.32. The minimum atomic E-state index is 0.266. The standard InChI is InChI=1S/C27H41N3O2S/c1-28-26(24-11-13-29-27-10-8-22(32-2)17-25(24)27)9-7-20-12-14-30(18-21(20)19-31)15-16-33-23-5-3-4-6-23/h8,10-11,13,17,20-21,23,26,28,31H,3-7,9,12,14-16,18-19H2,1-2H3/t20-,21-,26-/m1/s1. The Morgan fingerprint density at radius 2 is 2.06 bits per heavy atom. The second-order valence-electron chi connectivity index (χ2n) is 9.77. The molecule has 6 heteroatoms. The molecule has 2 aliphatic rings. The highest BCUT2D eigenvalue weighted by Crippen LogP contribution is 2.34. The number of benzene rings is 1. The Labute approximate surface area is 203 Å². The highest BCUT2D eigenvalue weighted by atomic mass is 32.2. The summed E-state index contributed by atoms with van der Waals surface area (Å²) in [6.07, 6.45) is 11.0. The van der Waals surface area contributed by atoms with E-state index in [1.807, 2.05) is 25.4 Å². The van der Waals surface area contributed by atoms with E-state index >= 15 is 0 Å². The lowest BCUT2D eigenvalue weighted by Gasteiger charge is -2.38. The van der Waals surface area contributed by atoms with Gasteiger partial charge in [0.2, 0.25) is 0 Å². The van der Waals surface area contributed by atoms with Crippen LogP contribution in [0, 0.1) is 11.8 Å². The number of aliphatic hydroxyl groups excluding tert-OH is 1. The van der Waals surface area contributed by atoms with E-state index in [1.165, 1.54) is 56.5 Å². The summed E-state index contributed by atoms with van der Waals surface area (Å²) in [7, 11) is 3.76. The number of fused-ring (bicyclic) bond motifs is 1. The zero-order valence-electron chi connectivity index (χ0n) is 20.3. The third kappa shape index (κ3) is 6.41. The molecular formula is C27H41N3O2S. The first-order chi connectivity index (χ1) is 16.2. The van der Waals surface area contributed by atoms with E-state index in [-0.39, 0.29) is 6.04 Å². The third-order valence-electron chi connectivity index (χ3n) is 7.81. The molecule has 2 N–H and O–H groups in total. The van der Waals surface area contributed by atoms with Gasteiger partial charge in [-0.05, 0) is 87.4 Å². The molecule has 0 unspecified atom stereocenters. The Hall–Kier alpha value is -1.34. The van der Waals surface area contributed by atoms with Crippen LogP contribution in [0.4, 0.5) is 0 Å². The minimum absolute atomic E-state index is 0.266. The van der Waals surface area contributed by atoms with Gasteiger partial charge in [0, 0.05) is 48.3 Å². The van der Waals surface area contributed by atoms with Gasteiger partial charge < -0.3 is 20.1 Å². The highest BCUT2D eigenvalue weighted by Gasteiger charge is 2.29. The molecule has 1 aromatic carbocycles. The zero-order chi connectivity index (χ0) is 23.0. The van der Waals surface area contributed by atoms with Crippen molar-refractivity contribution in [3.05, 3.63) is 36.0 Å². The van der Waals surface area contributed by atoms with Gasteiger partial charge in [-0.3, -0.25) is 4.98 Å². The number of hydrogen-bond donors (Lipinski definition) is 2. The number of piperidine rings is 1. The van der Waals surface area contributed by atoms with Crippen LogP contribution in [0.2, 0.25) is 0 Å². The number of nitrogens with zero attached hydrogens (tertiary/aromatic N) is 2. The predicted molar refractivity (Wildman–Crippen MR) is 139 cm³/mol. The third-order valence-corrected chi connectivity index (χ3v) is 9.17. The number of ether oxygens (including phenoxy) is 1. The predicted octanol–water partition coefficient (Wildman–Crippen LogP) is 4.89. The van der Waals surface area contributed by atoms with Crippen molar-refractivity contribution in [3.63, 3.8) is 0 Å². The van der Waals surface area contributed by atoms with Gasteiger partial charge in [-0.2, -0.15) is 11.8 Å². The van der Waals surface area contributed by atoms with Crippen molar-refractivity contribution in [2.45, 2.75) is 56.2 Å². The first-order valence-corrected chi connectivity index (χ1v) is 13.8. The summed E-state index contributed by atoms with van der Waals surface area (Å²) in [5.41, 5.74) is 2.29. The molecule has 1 saturated heterocycles. The second kappa shape index (κ2) is 12.4. The summed E-state index contributed by atoms with van der Waals surface area (Å²) in [4.78, 5) is 7.14. The Kier molecular flexibility index (Phi) is 9.30. The van der Waals surface area contributed by atoms with Gasteiger partial charge in [-0.1, -0.05) is 12.8 Å². The maximum absolute atomic E-state index is 10.1. The molecule has 2 fully saturated rings. The maximum atomic E-state index is 10.1. The molecule has 4 rings (SSSR count). The quantitative estimate of drug-likeness (QED) is 0.487. The Morgan fingerprint density at radius 3 is 2.82 bits per heavy atom. The number of likely N-dealkylation sites (tertiary alicyclic amines) is 1. The topological polar surface area (TPSA) is 57.6 Å². The van der Waals surface area contributed by atoms with Crippen LogP contribution >= 0.6 is 11.8 Å². The molecule has 1 aliphatic heterocycles. The van der Waals surface area contributed by atoms with Gasteiger partial charge in [0.1, 0.15) is 5.75 Å². The number of nitrogens with one attached hydrogen (secondary N) is 1. The lowest BCUT2D eigenvalue weighted by atomic mass is 9.81. The molecule has 3 atom stereocenters. The van der Waals surface area contributed by atoms with Crippen LogP contribution < -0.4 is 10.1 Å². The number of methoxy groups -OCH3 is 1. The van der Waals surface area contributed by atoms with Crippen molar-refractivity contribution in [3.8, 4) is 5.75 Å². The van der Waals surface area contributed by atoms with Gasteiger partial charge >= 0.3 is 0 Å². The fourth-order valence-corrected chi connectivity index (χ4v) is 7.13. The molecule has 2 heterocycles. The summed E-state index contributed by atoms with van der Waals surface area (Å²) in [6.45, 7) is 3.70. The van der Waals surface area contributed by atoms with E-state index in [4.69, 9.17) is 4.74 Å². The number of aromatic nitrogens is 1. The maximum Gasteiger partial charge on any atom is 0.119 e. The average Bonchev–Trinajstić information content (AvgIpc) is 3.38. The van der Waals surface area contributed by atoms with Crippen molar-refractivity contribution in [1.29, 1.82) is 0 Å². The van der Waals surface area contributed by atoms with Crippen molar-refractivity contribution < 1.29 is 9.84 Å². The van der Waals surface area contributed by atoms with E-state index in [1.54, 1.807) is 7.11 Å². The largest absolute Gasteiger partial charge is 0.497 e. The molecule has 33 heavy (non-hydrogen) atoms. The van der Waals surface area contributed by atoms with Gasteiger partial charge in [0.05, 0.1) is 12.6 Å². The molecule has 5 nitrogen and oxygen atoms in total. The van der Waals surface area contributed by atoms with Crippen LogP contribution in [-0.4, -0.2) is 66.4 Å². The molecule has 182 valence electrons. The Morgan fingerprint density at radius 1 is 1.21 bits per heavy atom. The first-order valence-electron chi connectivity index (χ1n) is 12.8. The molecule has 0 amide bonds. The van der Waals surface area contributed by atoms with Crippen LogP contribution in [0.15, 0.2) is 30.5 Å². The molecule has 1 aromatic heterocycles. The lowest BCUT2D eigenvalue weighted by Crippen LogP contribution is -2.43. The average molecular weight is 472 g/mol. The summed E-state index contributed by atoms with van der Waals surface area (Å²) in [5, 5.41) is 15.7. The molecule has 0 spiro atoms. The monoisotopic (exact) mass is 471 g/mol. The normalized spacial score (nSPS) is 23.2. The highest BCUT2D eigenvalue weighted by molar-refractivity contribution is 7.99. The van der Waals surface area contributed by atoms with Crippen LogP contribution in [-0.2, 0) is 0 Å². The van der Waals surface area contributed by atoms with Gasteiger partial charge in [-0.25, -0.2) is 0 Å². The van der Waals surface area contributed by atoms with E-state index in [0.29, 0.717) is 18.4 Å².